The van der Waals surface area contributed by atoms with Crippen molar-refractivity contribution in [1.29, 1.82) is 0 Å². The summed E-state index contributed by atoms with van der Waals surface area (Å²) in [6.07, 6.45) is 1.24. The summed E-state index contributed by atoms with van der Waals surface area (Å²) in [5, 5.41) is 0. The van der Waals surface area contributed by atoms with E-state index in [1.165, 1.54) is 6.42 Å². The molecule has 1 aromatic rings. The van der Waals surface area contributed by atoms with Gasteiger partial charge in [-0.25, -0.2) is 0 Å². The van der Waals surface area contributed by atoms with Crippen LogP contribution in [-0.4, -0.2) is 24.5 Å². The number of furan rings is 1. The second kappa shape index (κ2) is 4.22. The van der Waals surface area contributed by atoms with E-state index in [-0.39, 0.29) is 6.04 Å². The van der Waals surface area contributed by atoms with Gasteiger partial charge in [0.05, 0.1) is 6.04 Å². The minimum atomic E-state index is 0.246. The molecule has 3 nitrogen and oxygen atoms in total. The van der Waals surface area contributed by atoms with Crippen LogP contribution in [0.15, 0.2) is 16.5 Å². The monoisotopic (exact) mass is 222 g/mol. The Morgan fingerprint density at radius 3 is 2.69 bits per heavy atom. The van der Waals surface area contributed by atoms with Crippen molar-refractivity contribution in [3.05, 3.63) is 23.7 Å². The normalized spacial score (nSPS) is 22.5. The van der Waals surface area contributed by atoms with Crippen LogP contribution in [0.1, 0.15) is 37.8 Å². The first kappa shape index (κ1) is 11.7. The third-order valence-corrected chi connectivity index (χ3v) is 3.46. The molecule has 0 aromatic carbocycles. The summed E-state index contributed by atoms with van der Waals surface area (Å²) < 4.78 is 5.70. The van der Waals surface area contributed by atoms with Gasteiger partial charge in [-0.3, -0.25) is 4.90 Å². The molecule has 0 aliphatic carbocycles. The third-order valence-electron chi connectivity index (χ3n) is 3.46. The van der Waals surface area contributed by atoms with Gasteiger partial charge in [0.15, 0.2) is 0 Å². The molecule has 1 unspecified atom stereocenters. The summed E-state index contributed by atoms with van der Waals surface area (Å²) in [5.74, 6) is 1.98. The van der Waals surface area contributed by atoms with E-state index in [0.29, 0.717) is 12.0 Å². The van der Waals surface area contributed by atoms with Crippen LogP contribution < -0.4 is 5.73 Å². The Kier molecular flexibility index (Phi) is 3.08. The average molecular weight is 222 g/mol. The van der Waals surface area contributed by atoms with E-state index in [4.69, 9.17) is 10.2 Å². The molecule has 16 heavy (non-hydrogen) atoms. The van der Waals surface area contributed by atoms with Gasteiger partial charge in [0.25, 0.3) is 0 Å². The second-order valence-corrected chi connectivity index (χ2v) is 5.58. The van der Waals surface area contributed by atoms with Gasteiger partial charge < -0.3 is 10.2 Å². The van der Waals surface area contributed by atoms with Crippen molar-refractivity contribution < 1.29 is 4.42 Å². The maximum atomic E-state index is 5.88. The summed E-state index contributed by atoms with van der Waals surface area (Å²) in [6, 6.07) is 4.31. The largest absolute Gasteiger partial charge is 0.465 e. The Balaban J connectivity index is 2.12. The highest BCUT2D eigenvalue weighted by atomic mass is 16.3. The van der Waals surface area contributed by atoms with E-state index in [9.17, 15) is 0 Å². The van der Waals surface area contributed by atoms with Gasteiger partial charge in [-0.2, -0.15) is 0 Å². The van der Waals surface area contributed by atoms with Gasteiger partial charge >= 0.3 is 0 Å². The van der Waals surface area contributed by atoms with Gasteiger partial charge in [-0.1, -0.05) is 13.8 Å². The van der Waals surface area contributed by atoms with E-state index in [0.717, 1.165) is 24.6 Å². The lowest BCUT2D eigenvalue weighted by Gasteiger charge is -2.26. The molecule has 0 spiro atoms. The molecule has 3 heteroatoms. The summed E-state index contributed by atoms with van der Waals surface area (Å²) in [5.41, 5.74) is 6.29. The van der Waals surface area contributed by atoms with Crippen LogP contribution in [0, 0.1) is 12.3 Å². The first-order chi connectivity index (χ1) is 7.52. The molecular formula is C13H22N2O. The zero-order valence-electron chi connectivity index (χ0n) is 10.5. The molecule has 1 saturated heterocycles. The number of nitrogens with zero attached hydrogens (tertiary/aromatic N) is 1. The molecule has 0 radical (unpaired) electrons. The topological polar surface area (TPSA) is 42.4 Å². The Bertz CT molecular complexity index is 357. The number of rotatable bonds is 3. The van der Waals surface area contributed by atoms with E-state index in [1.807, 2.05) is 13.0 Å². The van der Waals surface area contributed by atoms with Crippen LogP contribution in [0.5, 0.6) is 0 Å². The quantitative estimate of drug-likeness (QED) is 0.853. The van der Waals surface area contributed by atoms with Crippen molar-refractivity contribution in [2.45, 2.75) is 33.2 Å². The second-order valence-electron chi connectivity index (χ2n) is 5.58. The van der Waals surface area contributed by atoms with Crippen molar-refractivity contribution >= 4 is 0 Å². The SMILES string of the molecule is Cc1ccc(C(CN)N2CCC(C)(C)C2)o1. The fraction of sp³-hybridized carbons (Fsp3) is 0.692. The molecule has 0 bridgehead atoms. The average Bonchev–Trinajstić information content (AvgIpc) is 2.75. The van der Waals surface area contributed by atoms with E-state index < -0.39 is 0 Å². The predicted octanol–water partition coefficient (Wildman–Crippen LogP) is 2.32. The molecule has 2 rings (SSSR count). The van der Waals surface area contributed by atoms with Crippen LogP contribution in [0.3, 0.4) is 0 Å². The van der Waals surface area contributed by atoms with Gasteiger partial charge in [-0.15, -0.1) is 0 Å². The highest BCUT2D eigenvalue weighted by molar-refractivity contribution is 5.11. The van der Waals surface area contributed by atoms with Crippen molar-refractivity contribution in [2.75, 3.05) is 19.6 Å². The number of hydrogen-bond donors (Lipinski definition) is 1. The number of nitrogens with two attached hydrogens (primary N) is 1. The summed E-state index contributed by atoms with van der Waals surface area (Å²) in [4.78, 5) is 2.44. The molecule has 0 saturated carbocycles. The van der Waals surface area contributed by atoms with Crippen LogP contribution in [-0.2, 0) is 0 Å². The molecule has 1 aromatic heterocycles. The van der Waals surface area contributed by atoms with Crippen LogP contribution >= 0.6 is 0 Å². The summed E-state index contributed by atoms with van der Waals surface area (Å²) in [6.45, 7) is 9.46. The first-order valence-electron chi connectivity index (χ1n) is 6.02. The third kappa shape index (κ3) is 2.30. The lowest BCUT2D eigenvalue weighted by molar-refractivity contribution is 0.198. The molecule has 1 aliphatic rings. The summed E-state index contributed by atoms with van der Waals surface area (Å²) >= 11 is 0. The molecule has 0 amide bonds. The van der Waals surface area contributed by atoms with E-state index >= 15 is 0 Å². The number of likely N-dealkylation sites (tertiary alicyclic amines) is 1. The fourth-order valence-electron chi connectivity index (χ4n) is 2.50. The molecule has 1 fully saturated rings. The van der Waals surface area contributed by atoms with Crippen LogP contribution in [0.2, 0.25) is 0 Å². The number of hydrogen-bond acceptors (Lipinski definition) is 3. The minimum absolute atomic E-state index is 0.246. The van der Waals surface area contributed by atoms with Gasteiger partial charge in [0.2, 0.25) is 0 Å². The molecular weight excluding hydrogens is 200 g/mol. The van der Waals surface area contributed by atoms with Gasteiger partial charge in [0, 0.05) is 13.1 Å². The Morgan fingerprint density at radius 2 is 2.25 bits per heavy atom. The maximum Gasteiger partial charge on any atom is 0.122 e. The highest BCUT2D eigenvalue weighted by Crippen LogP contribution is 2.34. The van der Waals surface area contributed by atoms with Crippen LogP contribution in [0.25, 0.3) is 0 Å². The molecule has 90 valence electrons. The first-order valence-corrected chi connectivity index (χ1v) is 6.02. The smallest absolute Gasteiger partial charge is 0.122 e. The van der Waals surface area contributed by atoms with E-state index in [1.54, 1.807) is 0 Å². The Morgan fingerprint density at radius 1 is 1.50 bits per heavy atom. The van der Waals surface area contributed by atoms with Crippen molar-refractivity contribution in [3.8, 4) is 0 Å². The Labute approximate surface area is 97.6 Å². The zero-order valence-corrected chi connectivity index (χ0v) is 10.5. The van der Waals surface area contributed by atoms with Gasteiger partial charge in [0.1, 0.15) is 11.5 Å². The molecule has 1 atom stereocenters. The molecule has 2 heterocycles. The lowest BCUT2D eigenvalue weighted by atomic mass is 9.93. The van der Waals surface area contributed by atoms with Crippen molar-refractivity contribution in [3.63, 3.8) is 0 Å². The maximum absolute atomic E-state index is 5.88. The van der Waals surface area contributed by atoms with E-state index in [2.05, 4.69) is 24.8 Å². The van der Waals surface area contributed by atoms with Crippen molar-refractivity contribution in [1.82, 2.24) is 4.90 Å². The van der Waals surface area contributed by atoms with Gasteiger partial charge in [-0.05, 0) is 37.4 Å². The van der Waals surface area contributed by atoms with Crippen molar-refractivity contribution in [2.24, 2.45) is 11.1 Å². The lowest BCUT2D eigenvalue weighted by Crippen LogP contribution is -2.32. The zero-order chi connectivity index (χ0) is 11.8. The standard InChI is InChI=1S/C13H22N2O/c1-10-4-5-12(16-10)11(8-14)15-7-6-13(2,3)9-15/h4-5,11H,6-9,14H2,1-3H3. The minimum Gasteiger partial charge on any atom is -0.465 e. The van der Waals surface area contributed by atoms with Crippen LogP contribution in [0.4, 0.5) is 0 Å². The fourth-order valence-corrected chi connectivity index (χ4v) is 2.50. The predicted molar refractivity (Wildman–Crippen MR) is 65.2 cm³/mol. The number of aryl methyl sites for hydroxylation is 1. The highest BCUT2D eigenvalue weighted by Gasteiger charge is 2.34. The Hall–Kier alpha value is -0.800. The molecule has 1 aliphatic heterocycles. The summed E-state index contributed by atoms with van der Waals surface area (Å²) in [7, 11) is 0. The molecule has 2 N–H and O–H groups in total.